The number of H-pyrrole nitrogens is 1. The molecule has 0 spiro atoms. The van der Waals surface area contributed by atoms with Gasteiger partial charge in [0.05, 0.1) is 16.1 Å². The van der Waals surface area contributed by atoms with E-state index in [1.165, 1.54) is 12.1 Å². The minimum absolute atomic E-state index is 0.362. The molecule has 0 amide bonds. The molecule has 120 valence electrons. The minimum atomic E-state index is -4.31. The van der Waals surface area contributed by atoms with Crippen molar-refractivity contribution in [3.05, 3.63) is 64.9 Å². The summed E-state index contributed by atoms with van der Waals surface area (Å²) in [6, 6.07) is 9.22. The fourth-order valence-electron chi connectivity index (χ4n) is 2.17. The van der Waals surface area contributed by atoms with E-state index in [1.54, 1.807) is 23.6 Å². The molecule has 0 aliphatic rings. The Morgan fingerprint density at radius 2 is 2.00 bits per heavy atom. The normalized spacial score (nSPS) is 11.8. The highest BCUT2D eigenvalue weighted by Crippen LogP contribution is 2.29. The van der Waals surface area contributed by atoms with Crippen LogP contribution in [-0.2, 0) is 19.3 Å². The smallest absolute Gasteiger partial charge is 0.360 e. The SMILES string of the molecule is FC(F)(F)c1cccc(CNCc2ncc(-c3ccc[nH]3)s2)c1. The highest BCUT2D eigenvalue weighted by molar-refractivity contribution is 7.15. The molecule has 3 rings (SSSR count). The van der Waals surface area contributed by atoms with Crippen molar-refractivity contribution < 1.29 is 13.2 Å². The summed E-state index contributed by atoms with van der Waals surface area (Å²) in [4.78, 5) is 8.46. The van der Waals surface area contributed by atoms with Crippen LogP contribution in [0.3, 0.4) is 0 Å². The Balaban J connectivity index is 1.58. The second-order valence-corrected chi connectivity index (χ2v) is 6.12. The van der Waals surface area contributed by atoms with Crippen molar-refractivity contribution in [2.45, 2.75) is 19.3 Å². The number of nitrogens with one attached hydrogen (secondary N) is 2. The van der Waals surface area contributed by atoms with Gasteiger partial charge >= 0.3 is 6.18 Å². The maximum absolute atomic E-state index is 12.7. The molecule has 1 aromatic carbocycles. The van der Waals surface area contributed by atoms with Crippen molar-refractivity contribution in [3.63, 3.8) is 0 Å². The number of rotatable bonds is 5. The highest BCUT2D eigenvalue weighted by Gasteiger charge is 2.30. The van der Waals surface area contributed by atoms with Gasteiger partial charge in [0.1, 0.15) is 5.01 Å². The first-order valence-corrected chi connectivity index (χ1v) is 7.79. The molecule has 0 saturated heterocycles. The highest BCUT2D eigenvalue weighted by atomic mass is 32.1. The van der Waals surface area contributed by atoms with Crippen LogP contribution in [0.15, 0.2) is 48.8 Å². The number of alkyl halides is 3. The van der Waals surface area contributed by atoms with Gasteiger partial charge in [-0.3, -0.25) is 0 Å². The van der Waals surface area contributed by atoms with Crippen molar-refractivity contribution in [3.8, 4) is 10.6 Å². The number of hydrogen-bond acceptors (Lipinski definition) is 3. The van der Waals surface area contributed by atoms with Crippen LogP contribution >= 0.6 is 11.3 Å². The molecule has 2 aromatic heterocycles. The van der Waals surface area contributed by atoms with Crippen molar-refractivity contribution in [2.75, 3.05) is 0 Å². The van der Waals surface area contributed by atoms with Gasteiger partial charge in [0.2, 0.25) is 0 Å². The third-order valence-electron chi connectivity index (χ3n) is 3.28. The standard InChI is InChI=1S/C16H14F3N3S/c17-16(18,19)12-4-1-3-11(7-12)8-20-10-15-22-9-14(23-15)13-5-2-6-21-13/h1-7,9,20-21H,8,10H2. The third-order valence-corrected chi connectivity index (χ3v) is 4.31. The van der Waals surface area contributed by atoms with E-state index >= 15 is 0 Å². The third kappa shape index (κ3) is 4.00. The predicted octanol–water partition coefficient (Wildman–Crippen LogP) is 4.45. The summed E-state index contributed by atoms with van der Waals surface area (Å²) in [6.45, 7) is 0.878. The lowest BCUT2D eigenvalue weighted by Gasteiger charge is -2.09. The van der Waals surface area contributed by atoms with E-state index in [2.05, 4.69) is 15.3 Å². The first-order valence-electron chi connectivity index (χ1n) is 6.98. The Kier molecular flexibility index (Phi) is 4.49. The maximum atomic E-state index is 12.7. The summed E-state index contributed by atoms with van der Waals surface area (Å²) < 4.78 is 38.0. The van der Waals surface area contributed by atoms with Gasteiger partial charge in [0.15, 0.2) is 0 Å². The van der Waals surface area contributed by atoms with Gasteiger partial charge < -0.3 is 10.3 Å². The Bertz CT molecular complexity index is 763. The zero-order valence-electron chi connectivity index (χ0n) is 12.0. The molecule has 0 radical (unpaired) electrons. The van der Waals surface area contributed by atoms with Crippen molar-refractivity contribution in [1.82, 2.24) is 15.3 Å². The molecule has 2 N–H and O–H groups in total. The zero-order chi connectivity index (χ0) is 16.3. The Morgan fingerprint density at radius 1 is 1.13 bits per heavy atom. The number of aromatic amines is 1. The Morgan fingerprint density at radius 3 is 2.74 bits per heavy atom. The van der Waals surface area contributed by atoms with Crippen LogP contribution in [0.25, 0.3) is 10.6 Å². The number of benzene rings is 1. The van der Waals surface area contributed by atoms with E-state index in [0.29, 0.717) is 18.7 Å². The van der Waals surface area contributed by atoms with Crippen molar-refractivity contribution >= 4 is 11.3 Å². The van der Waals surface area contributed by atoms with Gasteiger partial charge in [0.25, 0.3) is 0 Å². The number of hydrogen-bond donors (Lipinski definition) is 2. The largest absolute Gasteiger partial charge is 0.416 e. The van der Waals surface area contributed by atoms with E-state index in [1.807, 2.05) is 18.3 Å². The second kappa shape index (κ2) is 6.55. The van der Waals surface area contributed by atoms with E-state index in [9.17, 15) is 13.2 Å². The minimum Gasteiger partial charge on any atom is -0.360 e. The average molecular weight is 337 g/mol. The van der Waals surface area contributed by atoms with Crippen LogP contribution in [0, 0.1) is 0 Å². The number of thiazole rings is 1. The van der Waals surface area contributed by atoms with Crippen LogP contribution in [0.5, 0.6) is 0 Å². The molecule has 0 fully saturated rings. The fraction of sp³-hybridized carbons (Fsp3) is 0.188. The number of aromatic nitrogens is 2. The van der Waals surface area contributed by atoms with Gasteiger partial charge in [-0.2, -0.15) is 13.2 Å². The summed E-state index contributed by atoms with van der Waals surface area (Å²) in [7, 11) is 0. The first-order chi connectivity index (χ1) is 11.0. The van der Waals surface area contributed by atoms with E-state index in [0.717, 1.165) is 21.6 Å². The Hall–Kier alpha value is -2.12. The topological polar surface area (TPSA) is 40.7 Å². The summed E-state index contributed by atoms with van der Waals surface area (Å²) in [5.41, 5.74) is 0.979. The summed E-state index contributed by atoms with van der Waals surface area (Å²) in [6.07, 6.45) is -0.672. The maximum Gasteiger partial charge on any atom is 0.416 e. The molecule has 2 heterocycles. The van der Waals surface area contributed by atoms with Gasteiger partial charge in [0, 0.05) is 25.5 Å². The molecule has 0 bridgehead atoms. The molecule has 0 atom stereocenters. The first kappa shape index (κ1) is 15.8. The van der Waals surface area contributed by atoms with Gasteiger partial charge in [-0.15, -0.1) is 11.3 Å². The Labute approximate surface area is 135 Å². The quantitative estimate of drug-likeness (QED) is 0.722. The average Bonchev–Trinajstić information content (AvgIpc) is 3.18. The lowest BCUT2D eigenvalue weighted by Crippen LogP contribution is -2.13. The fourth-order valence-corrected chi connectivity index (χ4v) is 3.05. The molecule has 3 aromatic rings. The predicted molar refractivity (Wildman–Crippen MR) is 83.9 cm³/mol. The molecular weight excluding hydrogens is 323 g/mol. The molecular formula is C16H14F3N3S. The van der Waals surface area contributed by atoms with E-state index < -0.39 is 11.7 Å². The van der Waals surface area contributed by atoms with Crippen molar-refractivity contribution in [2.24, 2.45) is 0 Å². The lowest BCUT2D eigenvalue weighted by molar-refractivity contribution is -0.137. The molecule has 0 unspecified atom stereocenters. The number of halogens is 3. The second-order valence-electron chi connectivity index (χ2n) is 5.00. The molecule has 0 aliphatic carbocycles. The summed E-state index contributed by atoms with van der Waals surface area (Å²) in [5.74, 6) is 0. The summed E-state index contributed by atoms with van der Waals surface area (Å²) >= 11 is 1.55. The zero-order valence-corrected chi connectivity index (χ0v) is 12.8. The lowest BCUT2D eigenvalue weighted by atomic mass is 10.1. The molecule has 7 heteroatoms. The summed E-state index contributed by atoms with van der Waals surface area (Å²) in [5, 5.41) is 4.02. The van der Waals surface area contributed by atoms with Crippen LogP contribution in [0.1, 0.15) is 16.1 Å². The van der Waals surface area contributed by atoms with Gasteiger partial charge in [-0.1, -0.05) is 18.2 Å². The van der Waals surface area contributed by atoms with Crippen LogP contribution in [0.2, 0.25) is 0 Å². The number of nitrogens with zero attached hydrogens (tertiary/aromatic N) is 1. The van der Waals surface area contributed by atoms with E-state index in [-0.39, 0.29) is 0 Å². The molecule has 0 saturated carbocycles. The van der Waals surface area contributed by atoms with Gasteiger partial charge in [-0.05, 0) is 23.8 Å². The van der Waals surface area contributed by atoms with Crippen LogP contribution < -0.4 is 5.32 Å². The van der Waals surface area contributed by atoms with Gasteiger partial charge in [-0.25, -0.2) is 4.98 Å². The van der Waals surface area contributed by atoms with Crippen molar-refractivity contribution in [1.29, 1.82) is 0 Å². The molecule has 23 heavy (non-hydrogen) atoms. The van der Waals surface area contributed by atoms with Crippen LogP contribution in [0.4, 0.5) is 13.2 Å². The van der Waals surface area contributed by atoms with Crippen LogP contribution in [-0.4, -0.2) is 9.97 Å². The molecule has 0 aliphatic heterocycles. The monoisotopic (exact) mass is 337 g/mol. The van der Waals surface area contributed by atoms with E-state index in [4.69, 9.17) is 0 Å². The molecule has 3 nitrogen and oxygen atoms in total.